The van der Waals surface area contributed by atoms with Crippen molar-refractivity contribution in [3.8, 4) is 23.7 Å². The Kier molecular flexibility index (Phi) is 9.60. The van der Waals surface area contributed by atoms with Gasteiger partial charge in [-0.15, -0.1) is 0 Å². The van der Waals surface area contributed by atoms with E-state index in [1.807, 2.05) is 12.1 Å². The number of rotatable bonds is 10. The first kappa shape index (κ1) is 29.2. The molecular formula is C30H33BrN2O5. The van der Waals surface area contributed by atoms with Crippen LogP contribution in [0.1, 0.15) is 68.4 Å². The number of hydrogen-bond donors (Lipinski definition) is 2. The maximum atomic E-state index is 13.1. The van der Waals surface area contributed by atoms with Gasteiger partial charge in [0.05, 0.1) is 5.56 Å². The number of hydrogen-bond acceptors (Lipinski definition) is 5. The van der Waals surface area contributed by atoms with Crippen molar-refractivity contribution < 1.29 is 24.2 Å². The summed E-state index contributed by atoms with van der Waals surface area (Å²) in [6.07, 6.45) is 2.13. The lowest BCUT2D eigenvalue weighted by atomic mass is 9.49. The average molecular weight is 582 g/mol. The molecule has 0 unspecified atom stereocenters. The van der Waals surface area contributed by atoms with Crippen molar-refractivity contribution in [2.75, 3.05) is 13.2 Å². The SMILES string of the molecule is CC1(C)C(NC(=O)c2ccc(C#CCCCCOCC(=O)O)cc2)C(C)(C)C1Oc1ccc(C#N)c(Br)c1. The predicted molar refractivity (Wildman–Crippen MR) is 148 cm³/mol. The highest BCUT2D eigenvalue weighted by atomic mass is 79.9. The molecule has 3 rings (SSSR count). The number of amides is 1. The van der Waals surface area contributed by atoms with E-state index in [0.29, 0.717) is 34.4 Å². The number of ether oxygens (including phenoxy) is 2. The van der Waals surface area contributed by atoms with Crippen molar-refractivity contribution in [1.29, 1.82) is 5.26 Å². The molecule has 0 radical (unpaired) electrons. The molecule has 1 saturated carbocycles. The maximum Gasteiger partial charge on any atom is 0.329 e. The van der Waals surface area contributed by atoms with Crippen molar-refractivity contribution in [1.82, 2.24) is 5.32 Å². The van der Waals surface area contributed by atoms with Crippen molar-refractivity contribution in [3.05, 3.63) is 63.6 Å². The van der Waals surface area contributed by atoms with E-state index >= 15 is 0 Å². The molecule has 2 aromatic carbocycles. The molecule has 0 bridgehead atoms. The van der Waals surface area contributed by atoms with E-state index < -0.39 is 5.97 Å². The molecule has 1 amide bonds. The quantitative estimate of drug-likeness (QED) is 0.281. The second kappa shape index (κ2) is 12.5. The van der Waals surface area contributed by atoms with Gasteiger partial charge in [0.2, 0.25) is 0 Å². The Labute approximate surface area is 232 Å². The lowest BCUT2D eigenvalue weighted by Gasteiger charge is -2.63. The largest absolute Gasteiger partial charge is 0.489 e. The number of nitriles is 1. The van der Waals surface area contributed by atoms with E-state index in [2.05, 4.69) is 66.9 Å². The number of halogens is 1. The summed E-state index contributed by atoms with van der Waals surface area (Å²) in [6, 6.07) is 14.6. The van der Waals surface area contributed by atoms with Gasteiger partial charge >= 0.3 is 5.97 Å². The summed E-state index contributed by atoms with van der Waals surface area (Å²) in [5.41, 5.74) is 1.31. The molecule has 7 nitrogen and oxygen atoms in total. The highest BCUT2D eigenvalue weighted by Crippen LogP contribution is 2.55. The molecule has 0 aromatic heterocycles. The Morgan fingerprint density at radius 2 is 1.76 bits per heavy atom. The number of benzene rings is 2. The number of carboxylic acid groups (broad SMARTS) is 1. The fourth-order valence-corrected chi connectivity index (χ4v) is 5.70. The van der Waals surface area contributed by atoms with Gasteiger partial charge in [0.15, 0.2) is 0 Å². The van der Waals surface area contributed by atoms with E-state index in [-0.39, 0.29) is 35.5 Å². The molecule has 1 fully saturated rings. The summed E-state index contributed by atoms with van der Waals surface area (Å²) in [5, 5.41) is 20.9. The molecule has 1 aliphatic carbocycles. The number of carbonyl (C=O) groups excluding carboxylic acids is 1. The van der Waals surface area contributed by atoms with Crippen LogP contribution in [-0.2, 0) is 9.53 Å². The maximum absolute atomic E-state index is 13.1. The summed E-state index contributed by atoms with van der Waals surface area (Å²) in [5.74, 6) is 5.77. The third kappa shape index (κ3) is 6.95. The van der Waals surface area contributed by atoms with Gasteiger partial charge in [-0.3, -0.25) is 4.79 Å². The van der Waals surface area contributed by atoms with E-state index in [0.717, 1.165) is 18.4 Å². The predicted octanol–water partition coefficient (Wildman–Crippen LogP) is 5.56. The van der Waals surface area contributed by atoms with Crippen LogP contribution in [0, 0.1) is 34.0 Å². The number of nitrogens with one attached hydrogen (secondary N) is 1. The van der Waals surface area contributed by atoms with E-state index in [9.17, 15) is 9.59 Å². The number of unbranched alkanes of at least 4 members (excludes halogenated alkanes) is 2. The Hall–Kier alpha value is -3.33. The fourth-order valence-electron chi connectivity index (χ4n) is 5.26. The van der Waals surface area contributed by atoms with Gasteiger partial charge in [-0.25, -0.2) is 4.79 Å². The molecule has 1 aliphatic rings. The second-order valence-corrected chi connectivity index (χ2v) is 11.4. The zero-order chi connectivity index (χ0) is 27.9. The lowest BCUT2D eigenvalue weighted by Crippen LogP contribution is -2.74. The van der Waals surface area contributed by atoms with Crippen LogP contribution in [0.25, 0.3) is 0 Å². The molecule has 2 aromatic rings. The minimum absolute atomic E-state index is 0.103. The minimum Gasteiger partial charge on any atom is -0.489 e. The molecule has 0 spiro atoms. The monoisotopic (exact) mass is 580 g/mol. The summed E-state index contributed by atoms with van der Waals surface area (Å²) in [6.45, 7) is 8.49. The van der Waals surface area contributed by atoms with E-state index in [1.165, 1.54) is 0 Å². The van der Waals surface area contributed by atoms with Crippen LogP contribution in [-0.4, -0.2) is 42.3 Å². The van der Waals surface area contributed by atoms with Gasteiger partial charge in [0.25, 0.3) is 5.91 Å². The zero-order valence-corrected chi connectivity index (χ0v) is 23.7. The molecule has 0 aliphatic heterocycles. The number of aliphatic carboxylic acids is 1. The van der Waals surface area contributed by atoms with Crippen LogP contribution in [0.15, 0.2) is 46.9 Å². The third-order valence-corrected chi connectivity index (χ3v) is 7.53. The van der Waals surface area contributed by atoms with Crippen LogP contribution in [0.5, 0.6) is 5.75 Å². The zero-order valence-electron chi connectivity index (χ0n) is 22.1. The molecule has 0 atom stereocenters. The summed E-state index contributed by atoms with van der Waals surface area (Å²) >= 11 is 3.41. The van der Waals surface area contributed by atoms with Crippen LogP contribution >= 0.6 is 15.9 Å². The second-order valence-electron chi connectivity index (χ2n) is 10.6. The number of carboxylic acids is 1. The van der Waals surface area contributed by atoms with Crippen LogP contribution in [0.4, 0.5) is 0 Å². The fraction of sp³-hybridized carbons (Fsp3) is 0.433. The number of nitrogens with zero attached hydrogens (tertiary/aromatic N) is 1. The Morgan fingerprint density at radius 1 is 1.08 bits per heavy atom. The van der Waals surface area contributed by atoms with Crippen molar-refractivity contribution in [3.63, 3.8) is 0 Å². The lowest BCUT2D eigenvalue weighted by molar-refractivity contribution is -0.164. The van der Waals surface area contributed by atoms with Gasteiger partial charge < -0.3 is 19.9 Å². The van der Waals surface area contributed by atoms with Crippen LogP contribution < -0.4 is 10.1 Å². The Bertz CT molecular complexity index is 1250. The first-order chi connectivity index (χ1) is 18.0. The first-order valence-corrected chi connectivity index (χ1v) is 13.3. The van der Waals surface area contributed by atoms with Crippen molar-refractivity contribution >= 4 is 27.8 Å². The highest BCUT2D eigenvalue weighted by Gasteiger charge is 2.64. The summed E-state index contributed by atoms with van der Waals surface area (Å²) in [7, 11) is 0. The van der Waals surface area contributed by atoms with Crippen molar-refractivity contribution in [2.45, 2.75) is 59.1 Å². The molecule has 2 N–H and O–H groups in total. The van der Waals surface area contributed by atoms with Gasteiger partial charge in [0, 0.05) is 45.5 Å². The molecule has 0 heterocycles. The molecule has 0 saturated heterocycles. The van der Waals surface area contributed by atoms with Gasteiger partial charge in [-0.2, -0.15) is 5.26 Å². The minimum atomic E-state index is -0.964. The van der Waals surface area contributed by atoms with Crippen molar-refractivity contribution in [2.24, 2.45) is 10.8 Å². The molecule has 8 heteroatoms. The Balaban J connectivity index is 1.54. The standard InChI is InChI=1S/C30H33BrN2O5/c1-29(2)27(30(3,4)28(29)38-23-15-14-22(18-32)24(31)17-23)33-26(36)21-12-10-20(11-13-21)9-7-5-6-8-16-37-19-25(34)35/h10-15,17,27-28H,5-6,8,16,19H2,1-4H3,(H,33,36)(H,34,35). The van der Waals surface area contributed by atoms with Crippen LogP contribution in [0.3, 0.4) is 0 Å². The number of carbonyl (C=O) groups is 2. The molecule has 200 valence electrons. The van der Waals surface area contributed by atoms with Gasteiger partial charge in [-0.1, -0.05) is 39.5 Å². The Morgan fingerprint density at radius 3 is 2.37 bits per heavy atom. The smallest absolute Gasteiger partial charge is 0.329 e. The molecular weight excluding hydrogens is 548 g/mol. The summed E-state index contributed by atoms with van der Waals surface area (Å²) < 4.78 is 12.0. The van der Waals surface area contributed by atoms with E-state index in [4.69, 9.17) is 19.8 Å². The first-order valence-electron chi connectivity index (χ1n) is 12.5. The topological polar surface area (TPSA) is 109 Å². The van der Waals surface area contributed by atoms with Crippen LogP contribution in [0.2, 0.25) is 0 Å². The highest BCUT2D eigenvalue weighted by molar-refractivity contribution is 9.10. The summed E-state index contributed by atoms with van der Waals surface area (Å²) in [4.78, 5) is 23.5. The third-order valence-electron chi connectivity index (χ3n) is 6.88. The van der Waals surface area contributed by atoms with Gasteiger partial charge in [-0.05, 0) is 71.2 Å². The molecule has 38 heavy (non-hydrogen) atoms. The van der Waals surface area contributed by atoms with Gasteiger partial charge in [0.1, 0.15) is 24.5 Å². The normalized spacial score (nSPS) is 18.7. The van der Waals surface area contributed by atoms with E-state index in [1.54, 1.807) is 30.3 Å². The average Bonchev–Trinajstić information content (AvgIpc) is 2.87.